The highest BCUT2D eigenvalue weighted by Crippen LogP contribution is 2.38. The highest BCUT2D eigenvalue weighted by molar-refractivity contribution is 7.15. The van der Waals surface area contributed by atoms with Gasteiger partial charge in [-0.15, -0.1) is 11.3 Å². The number of aryl methyl sites for hydroxylation is 1. The number of amides is 1. The molecule has 0 spiro atoms. The molecule has 1 heterocycles. The van der Waals surface area contributed by atoms with E-state index in [1.165, 1.54) is 0 Å². The molecule has 4 aromatic carbocycles. The molecule has 1 amide bonds. The minimum Gasteiger partial charge on any atom is -0.486 e. The van der Waals surface area contributed by atoms with Crippen molar-refractivity contribution in [1.29, 1.82) is 0 Å². The zero-order valence-electron chi connectivity index (χ0n) is 24.9. The summed E-state index contributed by atoms with van der Waals surface area (Å²) in [7, 11) is 0. The number of carbonyl (C=O) groups is 2. The fourth-order valence-corrected chi connectivity index (χ4v) is 5.89. The number of carboxylic acid groups (broad SMARTS) is 1. The summed E-state index contributed by atoms with van der Waals surface area (Å²) in [6, 6.07) is 31.6. The summed E-state index contributed by atoms with van der Waals surface area (Å²) in [6.07, 6.45) is 0. The molecule has 0 unspecified atom stereocenters. The number of carboxylic acids is 1. The second kappa shape index (κ2) is 14.0. The Kier molecular flexibility index (Phi) is 9.72. The first-order valence-corrected chi connectivity index (χ1v) is 15.3. The Morgan fingerprint density at radius 2 is 1.43 bits per heavy atom. The van der Waals surface area contributed by atoms with Gasteiger partial charge in [-0.3, -0.25) is 4.79 Å². The van der Waals surface area contributed by atoms with Gasteiger partial charge < -0.3 is 19.5 Å². The molecule has 224 valence electrons. The third kappa shape index (κ3) is 7.15. The average molecular weight is 607 g/mol. The molecule has 0 fully saturated rings. The molecule has 1 aromatic heterocycles. The van der Waals surface area contributed by atoms with E-state index in [9.17, 15) is 9.59 Å². The number of rotatable bonds is 12. The van der Waals surface area contributed by atoms with Gasteiger partial charge >= 0.3 is 5.97 Å². The minimum absolute atomic E-state index is 0.0142. The molecular formula is C36H34N2O5S. The summed E-state index contributed by atoms with van der Waals surface area (Å²) in [5, 5.41) is 9.69. The number of hydrogen-bond donors (Lipinski definition) is 1. The largest absolute Gasteiger partial charge is 0.486 e. The molecule has 0 radical (unpaired) electrons. The van der Waals surface area contributed by atoms with Crippen LogP contribution in [-0.2, 0) is 11.4 Å². The number of carbonyl (C=O) groups excluding carboxylic acids is 1. The number of thiazole rings is 1. The third-order valence-corrected chi connectivity index (χ3v) is 8.32. The lowest BCUT2D eigenvalue weighted by Crippen LogP contribution is -2.30. The molecule has 0 bridgehead atoms. The first-order valence-electron chi connectivity index (χ1n) is 14.5. The summed E-state index contributed by atoms with van der Waals surface area (Å²) in [6.45, 7) is 6.98. The normalized spacial score (nSPS) is 10.8. The second-order valence-electron chi connectivity index (χ2n) is 10.2. The van der Waals surface area contributed by atoms with Crippen LogP contribution in [0.1, 0.15) is 34.8 Å². The van der Waals surface area contributed by atoms with Gasteiger partial charge in [0.1, 0.15) is 23.1 Å². The van der Waals surface area contributed by atoms with E-state index < -0.39 is 12.6 Å². The van der Waals surface area contributed by atoms with Crippen LogP contribution in [0, 0.1) is 6.92 Å². The van der Waals surface area contributed by atoms with Crippen molar-refractivity contribution in [3.05, 3.63) is 113 Å². The van der Waals surface area contributed by atoms with Gasteiger partial charge in [-0.05, 0) is 73.4 Å². The maximum atomic E-state index is 12.9. The number of aromatic nitrogens is 1. The number of hydrogen-bond acceptors (Lipinski definition) is 6. The Bertz CT molecular complexity index is 1730. The molecule has 1 N–H and O–H groups in total. The quantitative estimate of drug-likeness (QED) is 0.155. The Balaban J connectivity index is 1.43. The van der Waals surface area contributed by atoms with Crippen LogP contribution < -0.4 is 9.47 Å². The fraction of sp³-hybridized carbons (Fsp3) is 0.194. The molecule has 0 saturated heterocycles. The summed E-state index contributed by atoms with van der Waals surface area (Å²) >= 11 is 1.57. The zero-order chi connectivity index (χ0) is 31.1. The van der Waals surface area contributed by atoms with Gasteiger partial charge in [0.25, 0.3) is 5.91 Å². The number of ether oxygens (including phenoxy) is 2. The SMILES string of the molecule is CCN(CC)C(=O)c1ccc(-c2nc(COc3ccc(OCC(=O)O)c(C)c3)sc2-c2ccc(-c3ccccc3)cc2)cc1. The van der Waals surface area contributed by atoms with Crippen molar-refractivity contribution in [3.63, 3.8) is 0 Å². The maximum absolute atomic E-state index is 12.9. The monoisotopic (exact) mass is 606 g/mol. The van der Waals surface area contributed by atoms with Gasteiger partial charge in [-0.25, -0.2) is 9.78 Å². The molecule has 0 aliphatic carbocycles. The average Bonchev–Trinajstić information content (AvgIpc) is 3.48. The lowest BCUT2D eigenvalue weighted by molar-refractivity contribution is -0.139. The van der Waals surface area contributed by atoms with Gasteiger partial charge in [-0.2, -0.15) is 0 Å². The van der Waals surface area contributed by atoms with Crippen LogP contribution in [0.15, 0.2) is 97.1 Å². The molecule has 5 aromatic rings. The Morgan fingerprint density at radius 3 is 2.07 bits per heavy atom. The lowest BCUT2D eigenvalue weighted by atomic mass is 10.0. The number of benzene rings is 4. The lowest BCUT2D eigenvalue weighted by Gasteiger charge is -2.18. The molecule has 0 saturated carbocycles. The highest BCUT2D eigenvalue weighted by atomic mass is 32.1. The van der Waals surface area contributed by atoms with Crippen LogP contribution in [0.4, 0.5) is 0 Å². The van der Waals surface area contributed by atoms with E-state index in [0.29, 0.717) is 30.2 Å². The molecule has 0 atom stereocenters. The fourth-order valence-electron chi connectivity index (χ4n) is 4.88. The third-order valence-electron chi connectivity index (χ3n) is 7.24. The van der Waals surface area contributed by atoms with Crippen molar-refractivity contribution in [2.45, 2.75) is 27.4 Å². The van der Waals surface area contributed by atoms with E-state index in [1.807, 2.05) is 69.3 Å². The van der Waals surface area contributed by atoms with E-state index in [1.54, 1.807) is 28.4 Å². The molecule has 7 nitrogen and oxygen atoms in total. The van der Waals surface area contributed by atoms with Crippen LogP contribution in [0.5, 0.6) is 11.5 Å². The Hall–Kier alpha value is -4.95. The molecule has 5 rings (SSSR count). The van der Waals surface area contributed by atoms with Crippen molar-refractivity contribution in [3.8, 4) is 44.3 Å². The molecule has 44 heavy (non-hydrogen) atoms. The minimum atomic E-state index is -1.03. The van der Waals surface area contributed by atoms with E-state index >= 15 is 0 Å². The van der Waals surface area contributed by atoms with E-state index in [-0.39, 0.29) is 12.5 Å². The van der Waals surface area contributed by atoms with Crippen molar-refractivity contribution in [2.24, 2.45) is 0 Å². The highest BCUT2D eigenvalue weighted by Gasteiger charge is 2.18. The van der Waals surface area contributed by atoms with E-state index in [4.69, 9.17) is 19.6 Å². The van der Waals surface area contributed by atoms with Crippen LogP contribution in [-0.4, -0.2) is 46.6 Å². The first kappa shape index (κ1) is 30.5. The Labute approximate surface area is 261 Å². The first-order chi connectivity index (χ1) is 21.4. The summed E-state index contributed by atoms with van der Waals surface area (Å²) in [5.41, 5.74) is 6.51. The predicted octanol–water partition coefficient (Wildman–Crippen LogP) is 7.98. The van der Waals surface area contributed by atoms with Gasteiger partial charge in [0.2, 0.25) is 0 Å². The van der Waals surface area contributed by atoms with Crippen molar-refractivity contribution in [2.75, 3.05) is 19.7 Å². The van der Waals surface area contributed by atoms with Gasteiger partial charge in [0.05, 0.1) is 10.6 Å². The van der Waals surface area contributed by atoms with Gasteiger partial charge in [0.15, 0.2) is 6.61 Å². The summed E-state index contributed by atoms with van der Waals surface area (Å²) < 4.78 is 11.4. The summed E-state index contributed by atoms with van der Waals surface area (Å²) in [5.74, 6) is 0.121. The zero-order valence-corrected chi connectivity index (χ0v) is 25.8. The van der Waals surface area contributed by atoms with Crippen LogP contribution in [0.25, 0.3) is 32.8 Å². The van der Waals surface area contributed by atoms with Crippen molar-refractivity contribution >= 4 is 23.2 Å². The summed E-state index contributed by atoms with van der Waals surface area (Å²) in [4.78, 5) is 31.6. The molecule has 0 aliphatic rings. The van der Waals surface area contributed by atoms with E-state index in [2.05, 4.69) is 36.4 Å². The standard InChI is InChI=1S/C36H34N2O5S/c1-4-38(5-2)36(41)29-17-13-27(14-18-29)34-35(28-15-11-26(12-16-28)25-9-7-6-8-10-25)44-32(37-34)22-42-30-19-20-31(24(3)21-30)43-23-33(39)40/h6-21H,4-5,22-23H2,1-3H3,(H,39,40). The van der Waals surface area contributed by atoms with Gasteiger partial charge in [0, 0.05) is 24.2 Å². The molecule has 0 aliphatic heterocycles. The molecule has 8 heteroatoms. The topological polar surface area (TPSA) is 89.0 Å². The van der Waals surface area contributed by atoms with Crippen LogP contribution in [0.2, 0.25) is 0 Å². The van der Waals surface area contributed by atoms with Gasteiger partial charge in [-0.1, -0.05) is 66.7 Å². The van der Waals surface area contributed by atoms with E-state index in [0.717, 1.165) is 43.4 Å². The van der Waals surface area contributed by atoms with Crippen LogP contribution >= 0.6 is 11.3 Å². The van der Waals surface area contributed by atoms with Crippen LogP contribution in [0.3, 0.4) is 0 Å². The maximum Gasteiger partial charge on any atom is 0.341 e. The number of nitrogens with zero attached hydrogens (tertiary/aromatic N) is 2. The molecular weight excluding hydrogens is 572 g/mol. The van der Waals surface area contributed by atoms with Crippen molar-refractivity contribution < 1.29 is 24.2 Å². The number of aliphatic carboxylic acids is 1. The smallest absolute Gasteiger partial charge is 0.341 e. The second-order valence-corrected chi connectivity index (χ2v) is 11.3. The van der Waals surface area contributed by atoms with Crippen molar-refractivity contribution in [1.82, 2.24) is 9.88 Å². The Morgan fingerprint density at radius 1 is 0.795 bits per heavy atom. The predicted molar refractivity (Wildman–Crippen MR) is 174 cm³/mol.